The maximum Gasteiger partial charge on any atom is 0.383 e. The van der Waals surface area contributed by atoms with Crippen molar-refractivity contribution in [1.29, 1.82) is 0 Å². The van der Waals surface area contributed by atoms with Crippen LogP contribution < -0.4 is 14.5 Å². The van der Waals surface area contributed by atoms with Crippen molar-refractivity contribution in [2.75, 3.05) is 57.3 Å². The van der Waals surface area contributed by atoms with Crippen molar-refractivity contribution in [3.05, 3.63) is 58.9 Å². The average molecular weight is 468 g/mol. The predicted molar refractivity (Wildman–Crippen MR) is 129 cm³/mol. The van der Waals surface area contributed by atoms with E-state index < -0.39 is 4.92 Å². The lowest BCUT2D eigenvalue weighted by Crippen LogP contribution is -2.36. The van der Waals surface area contributed by atoms with Gasteiger partial charge in [0.25, 0.3) is 0 Å². The third-order valence-corrected chi connectivity index (χ3v) is 6.18. The second-order valence-electron chi connectivity index (χ2n) is 7.64. The summed E-state index contributed by atoms with van der Waals surface area (Å²) in [6.45, 7) is 2.84. The van der Waals surface area contributed by atoms with E-state index in [4.69, 9.17) is 9.47 Å². The maximum absolute atomic E-state index is 11.1. The number of methoxy groups -OCH3 is 1. The Morgan fingerprint density at radius 3 is 2.52 bits per heavy atom. The Bertz CT molecular complexity index is 1130. The molecule has 0 spiro atoms. The van der Waals surface area contributed by atoms with Gasteiger partial charge >= 0.3 is 5.82 Å². The minimum absolute atomic E-state index is 0.281. The molecule has 0 unspecified atom stereocenters. The van der Waals surface area contributed by atoms with E-state index in [-0.39, 0.29) is 5.82 Å². The van der Waals surface area contributed by atoms with E-state index in [1.165, 1.54) is 18.0 Å². The van der Waals surface area contributed by atoms with E-state index in [1.807, 2.05) is 20.2 Å². The molecule has 1 saturated heterocycles. The Kier molecular flexibility index (Phi) is 6.95. The molecular weight excluding hydrogens is 442 g/mol. The van der Waals surface area contributed by atoms with Crippen LogP contribution in [0.15, 0.2) is 58.7 Å². The summed E-state index contributed by atoms with van der Waals surface area (Å²) in [7, 11) is 5.67. The Labute approximate surface area is 196 Å². The molecule has 1 aliphatic rings. The van der Waals surface area contributed by atoms with Gasteiger partial charge in [0.15, 0.2) is 0 Å². The molecule has 172 valence electrons. The number of rotatable bonds is 7. The molecule has 1 aromatic heterocycles. The van der Waals surface area contributed by atoms with Crippen LogP contribution >= 0.6 is 11.8 Å². The fraction of sp³-hybridized carbons (Fsp3) is 0.304. The van der Waals surface area contributed by atoms with Crippen molar-refractivity contribution in [1.82, 2.24) is 9.97 Å². The number of morpholine rings is 1. The van der Waals surface area contributed by atoms with Gasteiger partial charge in [0.2, 0.25) is 5.03 Å². The van der Waals surface area contributed by atoms with Crippen LogP contribution in [0, 0.1) is 10.1 Å². The first-order valence-corrected chi connectivity index (χ1v) is 11.2. The van der Waals surface area contributed by atoms with Gasteiger partial charge in [-0.3, -0.25) is 4.98 Å². The van der Waals surface area contributed by atoms with Gasteiger partial charge < -0.3 is 29.4 Å². The van der Waals surface area contributed by atoms with Gasteiger partial charge in [-0.25, -0.2) is 0 Å². The normalized spacial score (nSPS) is 13.6. The number of ether oxygens (including phenoxy) is 2. The van der Waals surface area contributed by atoms with Crippen LogP contribution in [-0.4, -0.2) is 62.4 Å². The van der Waals surface area contributed by atoms with Crippen LogP contribution in [0.5, 0.6) is 5.75 Å². The van der Waals surface area contributed by atoms with E-state index in [1.54, 1.807) is 7.11 Å². The number of anilines is 2. The number of nitrogens with zero attached hydrogens (tertiary/aromatic N) is 5. The topological polar surface area (TPSA) is 93.9 Å². The minimum atomic E-state index is -0.545. The Balaban J connectivity index is 1.80. The summed E-state index contributed by atoms with van der Waals surface area (Å²) in [4.78, 5) is 23.8. The molecule has 10 heteroatoms. The molecule has 0 bridgehead atoms. The summed E-state index contributed by atoms with van der Waals surface area (Å²) < 4.78 is 11.4. The van der Waals surface area contributed by atoms with Crippen molar-refractivity contribution in [3.8, 4) is 16.9 Å². The Hall–Kier alpha value is -3.37. The van der Waals surface area contributed by atoms with Crippen LogP contribution in [0.4, 0.5) is 17.2 Å². The molecule has 0 amide bonds. The van der Waals surface area contributed by atoms with Crippen LogP contribution in [-0.2, 0) is 4.74 Å². The number of nitro groups is 1. The van der Waals surface area contributed by atoms with Gasteiger partial charge in [0.05, 0.1) is 32.2 Å². The largest absolute Gasteiger partial charge is 0.495 e. The highest BCUT2D eigenvalue weighted by Gasteiger charge is 2.23. The summed E-state index contributed by atoms with van der Waals surface area (Å²) in [5.41, 5.74) is 4.18. The van der Waals surface area contributed by atoms with Gasteiger partial charge in [0.1, 0.15) is 11.9 Å². The standard InChI is InChI=1S/C23H25N5O4S/c1-26(2)17-6-4-16(5-7-17)19-12-18(33-22-15-24-14-21(25-22)28(29)30)13-20(31-3)23(19)27-8-10-32-11-9-27/h4-7,12-15H,8-11H2,1-3H3. The SMILES string of the molecule is COc1cc(Sc2cncc([N+](=O)[O-])n2)cc(-c2ccc(N(C)C)cc2)c1N1CCOCC1. The second kappa shape index (κ2) is 10.1. The zero-order valence-corrected chi connectivity index (χ0v) is 19.5. The quantitative estimate of drug-likeness (QED) is 0.376. The molecule has 0 saturated carbocycles. The summed E-state index contributed by atoms with van der Waals surface area (Å²) in [6, 6.07) is 12.4. The monoisotopic (exact) mass is 467 g/mol. The van der Waals surface area contributed by atoms with Crippen molar-refractivity contribution in [2.24, 2.45) is 0 Å². The van der Waals surface area contributed by atoms with E-state index in [0.29, 0.717) is 18.2 Å². The minimum Gasteiger partial charge on any atom is -0.495 e. The molecule has 3 aromatic rings. The number of hydrogen-bond donors (Lipinski definition) is 0. The van der Waals surface area contributed by atoms with E-state index in [0.717, 1.165) is 52.4 Å². The molecule has 1 aliphatic heterocycles. The summed E-state index contributed by atoms with van der Waals surface area (Å²) >= 11 is 1.31. The first-order valence-electron chi connectivity index (χ1n) is 10.4. The summed E-state index contributed by atoms with van der Waals surface area (Å²) in [5, 5.41) is 11.5. The molecule has 0 N–H and O–H groups in total. The molecule has 2 aromatic carbocycles. The third-order valence-electron chi connectivity index (χ3n) is 5.30. The van der Waals surface area contributed by atoms with E-state index in [9.17, 15) is 10.1 Å². The smallest absolute Gasteiger partial charge is 0.383 e. The summed E-state index contributed by atoms with van der Waals surface area (Å²) in [6.07, 6.45) is 2.66. The highest BCUT2D eigenvalue weighted by Crippen LogP contribution is 2.44. The van der Waals surface area contributed by atoms with Crippen LogP contribution in [0.25, 0.3) is 11.1 Å². The Morgan fingerprint density at radius 1 is 1.15 bits per heavy atom. The fourth-order valence-corrected chi connectivity index (χ4v) is 4.50. The number of hydrogen-bond acceptors (Lipinski definition) is 9. The first kappa shape index (κ1) is 22.8. The fourth-order valence-electron chi connectivity index (χ4n) is 3.67. The van der Waals surface area contributed by atoms with Gasteiger partial charge in [-0.2, -0.15) is 0 Å². The third kappa shape index (κ3) is 5.18. The van der Waals surface area contributed by atoms with Crippen LogP contribution in [0.2, 0.25) is 0 Å². The predicted octanol–water partition coefficient (Wildman–Crippen LogP) is 4.11. The average Bonchev–Trinajstić information content (AvgIpc) is 2.84. The van der Waals surface area contributed by atoms with Crippen molar-refractivity contribution < 1.29 is 14.4 Å². The second-order valence-corrected chi connectivity index (χ2v) is 8.73. The zero-order valence-electron chi connectivity index (χ0n) is 18.7. The molecule has 33 heavy (non-hydrogen) atoms. The zero-order chi connectivity index (χ0) is 23.4. The molecule has 1 fully saturated rings. The van der Waals surface area contributed by atoms with E-state index >= 15 is 0 Å². The maximum atomic E-state index is 11.1. The lowest BCUT2D eigenvalue weighted by atomic mass is 10.0. The molecule has 2 heterocycles. The van der Waals surface area contributed by atoms with Crippen molar-refractivity contribution >= 4 is 29.0 Å². The van der Waals surface area contributed by atoms with Crippen LogP contribution in [0.1, 0.15) is 0 Å². The van der Waals surface area contributed by atoms with Gasteiger partial charge in [-0.05, 0) is 51.5 Å². The molecule has 0 radical (unpaired) electrons. The van der Waals surface area contributed by atoms with Crippen molar-refractivity contribution in [3.63, 3.8) is 0 Å². The van der Waals surface area contributed by atoms with E-state index in [2.05, 4.69) is 50.1 Å². The highest BCUT2D eigenvalue weighted by molar-refractivity contribution is 7.99. The van der Waals surface area contributed by atoms with Crippen molar-refractivity contribution in [2.45, 2.75) is 9.92 Å². The Morgan fingerprint density at radius 2 is 1.88 bits per heavy atom. The number of benzene rings is 2. The molecule has 0 aliphatic carbocycles. The van der Waals surface area contributed by atoms with Gasteiger partial charge in [-0.15, -0.1) is 0 Å². The molecule has 9 nitrogen and oxygen atoms in total. The number of aromatic nitrogens is 2. The lowest BCUT2D eigenvalue weighted by Gasteiger charge is -2.32. The molecule has 4 rings (SSSR count). The lowest BCUT2D eigenvalue weighted by molar-refractivity contribution is -0.390. The summed E-state index contributed by atoms with van der Waals surface area (Å²) in [5.74, 6) is 0.448. The molecular formula is C23H25N5O4S. The van der Waals surface area contributed by atoms with Gasteiger partial charge in [-0.1, -0.05) is 12.1 Å². The highest BCUT2D eigenvalue weighted by atomic mass is 32.2. The van der Waals surface area contributed by atoms with Gasteiger partial charge in [0, 0.05) is 43.3 Å². The molecule has 0 atom stereocenters. The van der Waals surface area contributed by atoms with Crippen LogP contribution in [0.3, 0.4) is 0 Å². The first-order chi connectivity index (χ1) is 16.0.